The Morgan fingerprint density at radius 1 is 1.60 bits per heavy atom. The van der Waals surface area contributed by atoms with Gasteiger partial charge in [0.2, 0.25) is 6.41 Å². The molecule has 0 saturated heterocycles. The average molecular weight is 138 g/mol. The Morgan fingerprint density at radius 2 is 2.40 bits per heavy atom. The van der Waals surface area contributed by atoms with Gasteiger partial charge in [0.05, 0.1) is 18.1 Å². The van der Waals surface area contributed by atoms with Crippen molar-refractivity contribution in [2.24, 2.45) is 0 Å². The smallest absolute Gasteiger partial charge is 0.211 e. The molecule has 0 atom stereocenters. The molecular weight excluding hydrogens is 132 g/mol. The zero-order valence-corrected chi connectivity index (χ0v) is 5.11. The number of nitrogens with one attached hydrogen (secondary N) is 1. The summed E-state index contributed by atoms with van der Waals surface area (Å²) in [6, 6.07) is 1.40. The van der Waals surface area contributed by atoms with Crippen LogP contribution in [0.25, 0.3) is 0 Å². The first-order valence-corrected chi connectivity index (χ1v) is 2.67. The molecule has 4 heteroatoms. The molecule has 0 aliphatic heterocycles. The van der Waals surface area contributed by atoms with Crippen LogP contribution in [0.5, 0.6) is 5.75 Å². The lowest BCUT2D eigenvalue weighted by molar-refractivity contribution is -0.105. The Balaban J connectivity index is 2.84. The average Bonchev–Trinajstić information content (AvgIpc) is 1.88. The molecule has 0 saturated carbocycles. The summed E-state index contributed by atoms with van der Waals surface area (Å²) in [5, 5.41) is 11.2. The molecule has 1 aromatic heterocycles. The maximum Gasteiger partial charge on any atom is 0.211 e. The molecule has 1 rings (SSSR count). The minimum Gasteiger partial charge on any atom is -0.506 e. The van der Waals surface area contributed by atoms with Crippen LogP contribution in [-0.4, -0.2) is 16.5 Å². The van der Waals surface area contributed by atoms with Crippen LogP contribution in [0.4, 0.5) is 5.69 Å². The number of aromatic hydroxyl groups is 1. The molecule has 0 bridgehead atoms. The van der Waals surface area contributed by atoms with Gasteiger partial charge in [-0.3, -0.25) is 9.78 Å². The molecule has 2 N–H and O–H groups in total. The fourth-order valence-corrected chi connectivity index (χ4v) is 0.575. The summed E-state index contributed by atoms with van der Waals surface area (Å²) in [5.41, 5.74) is 0.481. The number of carbonyl (C=O) groups is 1. The van der Waals surface area contributed by atoms with E-state index in [1.165, 1.54) is 18.5 Å². The highest BCUT2D eigenvalue weighted by molar-refractivity contribution is 5.70. The first-order chi connectivity index (χ1) is 4.83. The van der Waals surface area contributed by atoms with Crippen LogP contribution < -0.4 is 5.32 Å². The lowest BCUT2D eigenvalue weighted by Crippen LogP contribution is -1.93. The van der Waals surface area contributed by atoms with Crippen LogP contribution in [0.1, 0.15) is 0 Å². The van der Waals surface area contributed by atoms with Gasteiger partial charge in [-0.25, -0.2) is 0 Å². The molecule has 1 aromatic rings. The summed E-state index contributed by atoms with van der Waals surface area (Å²) >= 11 is 0. The van der Waals surface area contributed by atoms with Gasteiger partial charge in [0.1, 0.15) is 5.75 Å². The maximum atomic E-state index is 9.87. The van der Waals surface area contributed by atoms with E-state index in [-0.39, 0.29) is 5.75 Å². The molecule has 0 radical (unpaired) electrons. The van der Waals surface area contributed by atoms with Crippen molar-refractivity contribution >= 4 is 12.1 Å². The molecule has 52 valence electrons. The third-order valence-corrected chi connectivity index (χ3v) is 0.949. The Hall–Kier alpha value is -1.58. The van der Waals surface area contributed by atoms with E-state index in [9.17, 15) is 4.79 Å². The molecule has 0 aromatic carbocycles. The number of amides is 1. The Kier molecular flexibility index (Phi) is 1.84. The highest BCUT2D eigenvalue weighted by Gasteiger charge is 1.90. The number of aromatic nitrogens is 1. The highest BCUT2D eigenvalue weighted by atomic mass is 16.3. The molecule has 1 amide bonds. The van der Waals surface area contributed by atoms with E-state index >= 15 is 0 Å². The van der Waals surface area contributed by atoms with Crippen molar-refractivity contribution in [2.45, 2.75) is 0 Å². The fourth-order valence-electron chi connectivity index (χ4n) is 0.575. The topological polar surface area (TPSA) is 62.2 Å². The third kappa shape index (κ3) is 1.45. The second-order valence-electron chi connectivity index (χ2n) is 1.69. The van der Waals surface area contributed by atoms with E-state index < -0.39 is 0 Å². The van der Waals surface area contributed by atoms with Crippen LogP contribution in [0.2, 0.25) is 0 Å². The number of anilines is 1. The van der Waals surface area contributed by atoms with Crippen molar-refractivity contribution in [3.63, 3.8) is 0 Å². The molecular formula is C6H6N2O2. The van der Waals surface area contributed by atoms with Crippen molar-refractivity contribution in [1.82, 2.24) is 4.98 Å². The molecule has 0 aliphatic carbocycles. The summed E-state index contributed by atoms with van der Waals surface area (Å²) in [5.74, 6) is 0.0341. The number of nitrogens with zero attached hydrogens (tertiary/aromatic N) is 1. The summed E-state index contributed by atoms with van der Waals surface area (Å²) in [7, 11) is 0. The molecule has 0 aliphatic rings. The summed E-state index contributed by atoms with van der Waals surface area (Å²) in [6.07, 6.45) is 3.25. The van der Waals surface area contributed by atoms with Crippen molar-refractivity contribution in [3.05, 3.63) is 18.5 Å². The number of hydrogen-bond acceptors (Lipinski definition) is 3. The van der Waals surface area contributed by atoms with Gasteiger partial charge in [-0.05, 0) is 0 Å². The Morgan fingerprint density at radius 3 is 3.00 bits per heavy atom. The van der Waals surface area contributed by atoms with Crippen LogP contribution in [0.15, 0.2) is 18.5 Å². The highest BCUT2D eigenvalue weighted by Crippen LogP contribution is 2.11. The van der Waals surface area contributed by atoms with Crippen LogP contribution >= 0.6 is 0 Å². The van der Waals surface area contributed by atoms with Crippen molar-refractivity contribution < 1.29 is 9.90 Å². The van der Waals surface area contributed by atoms with E-state index in [1.54, 1.807) is 0 Å². The molecule has 0 spiro atoms. The normalized spacial score (nSPS) is 8.80. The number of hydrogen-bond donors (Lipinski definition) is 2. The number of rotatable bonds is 2. The van der Waals surface area contributed by atoms with Gasteiger partial charge in [0, 0.05) is 6.07 Å². The van der Waals surface area contributed by atoms with E-state index in [0.717, 1.165) is 0 Å². The predicted octanol–water partition coefficient (Wildman–Crippen LogP) is 0.355. The second kappa shape index (κ2) is 2.82. The Labute approximate surface area is 57.5 Å². The summed E-state index contributed by atoms with van der Waals surface area (Å²) in [6.45, 7) is 0. The standard InChI is InChI=1S/C6H6N2O2/c9-4-8-5-1-6(10)3-7-2-5/h1-4,10H,(H,8,9). The lowest BCUT2D eigenvalue weighted by Gasteiger charge is -1.95. The van der Waals surface area contributed by atoms with Gasteiger partial charge >= 0.3 is 0 Å². The Bertz CT molecular complexity index is 237. The van der Waals surface area contributed by atoms with Gasteiger partial charge in [-0.15, -0.1) is 0 Å². The molecule has 0 unspecified atom stereocenters. The zero-order chi connectivity index (χ0) is 7.40. The van der Waals surface area contributed by atoms with E-state index in [0.29, 0.717) is 12.1 Å². The van der Waals surface area contributed by atoms with E-state index in [2.05, 4.69) is 10.3 Å². The van der Waals surface area contributed by atoms with Gasteiger partial charge in [0.15, 0.2) is 0 Å². The monoisotopic (exact) mass is 138 g/mol. The van der Waals surface area contributed by atoms with Gasteiger partial charge in [0.25, 0.3) is 0 Å². The third-order valence-electron chi connectivity index (χ3n) is 0.949. The minimum atomic E-state index is 0.0341. The minimum absolute atomic E-state index is 0.0341. The summed E-state index contributed by atoms with van der Waals surface area (Å²) in [4.78, 5) is 13.5. The first kappa shape index (κ1) is 6.54. The second-order valence-corrected chi connectivity index (χ2v) is 1.69. The van der Waals surface area contributed by atoms with Crippen LogP contribution in [0.3, 0.4) is 0 Å². The van der Waals surface area contributed by atoms with E-state index in [1.807, 2.05) is 0 Å². The zero-order valence-electron chi connectivity index (χ0n) is 5.11. The number of carbonyl (C=O) groups excluding carboxylic acids is 1. The first-order valence-electron chi connectivity index (χ1n) is 2.67. The summed E-state index contributed by atoms with van der Waals surface area (Å²) < 4.78 is 0. The SMILES string of the molecule is O=CNc1cncc(O)c1. The van der Waals surface area contributed by atoms with Crippen molar-refractivity contribution in [1.29, 1.82) is 0 Å². The van der Waals surface area contributed by atoms with Gasteiger partial charge < -0.3 is 10.4 Å². The van der Waals surface area contributed by atoms with Crippen molar-refractivity contribution in [3.8, 4) is 5.75 Å². The quantitative estimate of drug-likeness (QED) is 0.580. The predicted molar refractivity (Wildman–Crippen MR) is 35.6 cm³/mol. The molecule has 10 heavy (non-hydrogen) atoms. The lowest BCUT2D eigenvalue weighted by atomic mass is 10.4. The molecule has 1 heterocycles. The molecule has 0 fully saturated rings. The van der Waals surface area contributed by atoms with E-state index in [4.69, 9.17) is 5.11 Å². The maximum absolute atomic E-state index is 9.87. The molecule has 4 nitrogen and oxygen atoms in total. The fraction of sp³-hybridized carbons (Fsp3) is 0. The number of pyridine rings is 1. The van der Waals surface area contributed by atoms with Crippen molar-refractivity contribution in [2.75, 3.05) is 5.32 Å². The van der Waals surface area contributed by atoms with Crippen LogP contribution in [-0.2, 0) is 4.79 Å². The van der Waals surface area contributed by atoms with Gasteiger partial charge in [-0.2, -0.15) is 0 Å². The van der Waals surface area contributed by atoms with Crippen LogP contribution in [0, 0.1) is 0 Å². The van der Waals surface area contributed by atoms with Gasteiger partial charge in [-0.1, -0.05) is 0 Å². The largest absolute Gasteiger partial charge is 0.506 e.